The van der Waals surface area contributed by atoms with Crippen LogP contribution < -0.4 is 5.32 Å². The summed E-state index contributed by atoms with van der Waals surface area (Å²) >= 11 is 2.16. The topological polar surface area (TPSA) is 37.8 Å². The SMILES string of the molecule is Cc1cc(C#CSI)cc(Nc2nccc(C)n2)c1. The Kier molecular flexibility index (Phi) is 5.05. The minimum absolute atomic E-state index is 0.604. The molecule has 0 aliphatic rings. The summed E-state index contributed by atoms with van der Waals surface area (Å²) in [7, 11) is 1.48. The minimum Gasteiger partial charge on any atom is -0.324 e. The zero-order valence-electron chi connectivity index (χ0n) is 10.6. The third-order valence-electron chi connectivity index (χ3n) is 2.36. The molecule has 2 aromatic rings. The van der Waals surface area contributed by atoms with Crippen molar-refractivity contribution in [2.24, 2.45) is 0 Å². The molecule has 1 aromatic heterocycles. The van der Waals surface area contributed by atoms with E-state index in [0.29, 0.717) is 5.95 Å². The number of nitrogens with one attached hydrogen (secondary N) is 1. The third-order valence-corrected chi connectivity index (χ3v) is 3.20. The van der Waals surface area contributed by atoms with Crippen LogP contribution in [0.15, 0.2) is 30.5 Å². The highest BCUT2D eigenvalue weighted by atomic mass is 127. The summed E-state index contributed by atoms with van der Waals surface area (Å²) in [5.74, 6) is 3.70. The van der Waals surface area contributed by atoms with E-state index < -0.39 is 0 Å². The van der Waals surface area contributed by atoms with Crippen molar-refractivity contribution >= 4 is 41.8 Å². The smallest absolute Gasteiger partial charge is 0.227 e. The lowest BCUT2D eigenvalue weighted by atomic mass is 10.1. The normalized spacial score (nSPS) is 9.63. The Morgan fingerprint density at radius 1 is 1.26 bits per heavy atom. The quantitative estimate of drug-likeness (QED) is 0.624. The molecule has 96 valence electrons. The first-order valence-corrected chi connectivity index (χ1v) is 9.00. The van der Waals surface area contributed by atoms with Crippen molar-refractivity contribution < 1.29 is 0 Å². The van der Waals surface area contributed by atoms with Gasteiger partial charge < -0.3 is 5.32 Å². The van der Waals surface area contributed by atoms with E-state index in [0.717, 1.165) is 22.5 Å². The molecule has 3 nitrogen and oxygen atoms in total. The maximum atomic E-state index is 4.33. The molecule has 0 spiro atoms. The van der Waals surface area contributed by atoms with Crippen molar-refractivity contribution in [3.8, 4) is 11.2 Å². The highest BCUT2D eigenvalue weighted by molar-refractivity contribution is 14.2. The molecule has 0 aliphatic carbocycles. The van der Waals surface area contributed by atoms with Gasteiger partial charge in [0.2, 0.25) is 5.95 Å². The van der Waals surface area contributed by atoms with E-state index in [4.69, 9.17) is 0 Å². The van der Waals surface area contributed by atoms with Crippen LogP contribution in [0.25, 0.3) is 0 Å². The Labute approximate surface area is 129 Å². The van der Waals surface area contributed by atoms with Gasteiger partial charge in [-0.1, -0.05) is 5.92 Å². The molecular formula is C14H12IN3S. The van der Waals surface area contributed by atoms with Crippen molar-refractivity contribution in [1.29, 1.82) is 0 Å². The van der Waals surface area contributed by atoms with Gasteiger partial charge in [-0.25, -0.2) is 9.97 Å². The van der Waals surface area contributed by atoms with E-state index in [9.17, 15) is 0 Å². The highest BCUT2D eigenvalue weighted by Gasteiger charge is 2.00. The summed E-state index contributed by atoms with van der Waals surface area (Å²) in [4.78, 5) is 8.52. The van der Waals surface area contributed by atoms with Crippen LogP contribution in [0.1, 0.15) is 16.8 Å². The Balaban J connectivity index is 2.27. The van der Waals surface area contributed by atoms with Crippen molar-refractivity contribution in [3.63, 3.8) is 0 Å². The Morgan fingerprint density at radius 3 is 2.84 bits per heavy atom. The summed E-state index contributed by atoms with van der Waals surface area (Å²) in [6.07, 6.45) is 1.74. The lowest BCUT2D eigenvalue weighted by Crippen LogP contribution is -1.98. The number of nitrogens with zero attached hydrogens (tertiary/aromatic N) is 2. The molecule has 0 bridgehead atoms. The maximum Gasteiger partial charge on any atom is 0.227 e. The molecule has 0 fully saturated rings. The molecule has 1 aromatic carbocycles. The molecule has 0 aliphatic heterocycles. The van der Waals surface area contributed by atoms with Crippen molar-refractivity contribution in [3.05, 3.63) is 47.3 Å². The second-order valence-corrected chi connectivity index (χ2v) is 5.72. The molecule has 5 heteroatoms. The highest BCUT2D eigenvalue weighted by Crippen LogP contribution is 2.18. The van der Waals surface area contributed by atoms with Crippen LogP contribution in [0.2, 0.25) is 0 Å². The predicted octanol–water partition coefficient (Wildman–Crippen LogP) is 4.23. The monoisotopic (exact) mass is 381 g/mol. The molecule has 1 heterocycles. The van der Waals surface area contributed by atoms with Crippen LogP contribution in [0.4, 0.5) is 11.6 Å². The molecule has 0 radical (unpaired) electrons. The number of aromatic nitrogens is 2. The van der Waals surface area contributed by atoms with Crippen LogP contribution in [-0.2, 0) is 0 Å². The van der Waals surface area contributed by atoms with Crippen molar-refractivity contribution in [1.82, 2.24) is 9.97 Å². The Hall–Kier alpha value is -1.26. The standard InChI is InChI=1S/C14H12IN3S/c1-10-7-12(4-6-19-15)9-13(8-10)18-14-16-5-3-11(2)17-14/h3,5,7-9H,1-2H3,(H,16,17,18). The van der Waals surface area contributed by atoms with Crippen LogP contribution in [0.3, 0.4) is 0 Å². The molecule has 19 heavy (non-hydrogen) atoms. The number of aryl methyl sites for hydroxylation is 2. The summed E-state index contributed by atoms with van der Waals surface area (Å²) < 4.78 is 0. The number of anilines is 2. The Bertz CT molecular complexity index is 647. The van der Waals surface area contributed by atoms with Gasteiger partial charge in [0.05, 0.1) is 0 Å². The van der Waals surface area contributed by atoms with E-state index in [-0.39, 0.29) is 0 Å². The van der Waals surface area contributed by atoms with Crippen molar-refractivity contribution in [2.45, 2.75) is 13.8 Å². The van der Waals surface area contributed by atoms with Gasteiger partial charge in [-0.05, 0) is 57.9 Å². The van der Waals surface area contributed by atoms with Crippen LogP contribution in [0.5, 0.6) is 0 Å². The molecule has 0 atom stereocenters. The second-order valence-electron chi connectivity index (χ2n) is 4.04. The molecule has 0 saturated heterocycles. The Morgan fingerprint density at radius 2 is 2.11 bits per heavy atom. The molecular weight excluding hydrogens is 369 g/mol. The zero-order chi connectivity index (χ0) is 13.7. The number of halogens is 1. The number of benzene rings is 1. The van der Waals surface area contributed by atoms with Gasteiger partial charge in [0, 0.05) is 44.3 Å². The van der Waals surface area contributed by atoms with E-state index in [1.807, 2.05) is 32.0 Å². The van der Waals surface area contributed by atoms with Gasteiger partial charge in [0.15, 0.2) is 0 Å². The molecule has 0 unspecified atom stereocenters. The van der Waals surface area contributed by atoms with Gasteiger partial charge >= 0.3 is 0 Å². The van der Waals surface area contributed by atoms with E-state index in [1.165, 1.54) is 8.93 Å². The minimum atomic E-state index is 0.604. The average Bonchev–Trinajstić information content (AvgIpc) is 2.35. The first kappa shape index (κ1) is 14.2. The fraction of sp³-hybridized carbons (Fsp3) is 0.143. The predicted molar refractivity (Wildman–Crippen MR) is 89.7 cm³/mol. The number of rotatable bonds is 2. The molecule has 1 N–H and O–H groups in total. The molecule has 0 amide bonds. The largest absolute Gasteiger partial charge is 0.324 e. The van der Waals surface area contributed by atoms with E-state index >= 15 is 0 Å². The first-order valence-electron chi connectivity index (χ1n) is 5.64. The fourth-order valence-corrected chi connectivity index (χ4v) is 2.13. The van der Waals surface area contributed by atoms with Crippen LogP contribution >= 0.6 is 30.1 Å². The third kappa shape index (κ3) is 4.40. The van der Waals surface area contributed by atoms with Gasteiger partial charge in [0.25, 0.3) is 0 Å². The molecule has 2 rings (SSSR count). The summed E-state index contributed by atoms with van der Waals surface area (Å²) in [5.41, 5.74) is 4.03. The first-order chi connectivity index (χ1) is 9.17. The summed E-state index contributed by atoms with van der Waals surface area (Å²) in [5, 5.41) is 6.19. The number of hydrogen-bond acceptors (Lipinski definition) is 4. The lowest BCUT2D eigenvalue weighted by molar-refractivity contribution is 1.10. The lowest BCUT2D eigenvalue weighted by Gasteiger charge is -2.07. The zero-order valence-corrected chi connectivity index (χ0v) is 13.5. The van der Waals surface area contributed by atoms with Gasteiger partial charge in [-0.2, -0.15) is 0 Å². The van der Waals surface area contributed by atoms with E-state index in [2.05, 4.69) is 53.7 Å². The fourth-order valence-electron chi connectivity index (χ4n) is 1.64. The second kappa shape index (κ2) is 6.78. The van der Waals surface area contributed by atoms with Gasteiger partial charge in [-0.3, -0.25) is 0 Å². The van der Waals surface area contributed by atoms with E-state index in [1.54, 1.807) is 6.20 Å². The molecule has 0 saturated carbocycles. The van der Waals surface area contributed by atoms with Crippen LogP contribution in [0, 0.1) is 25.0 Å². The summed E-state index contributed by atoms with van der Waals surface area (Å²) in [6.45, 7) is 3.99. The average molecular weight is 381 g/mol. The van der Waals surface area contributed by atoms with Crippen LogP contribution in [-0.4, -0.2) is 9.97 Å². The van der Waals surface area contributed by atoms with Gasteiger partial charge in [0.1, 0.15) is 0 Å². The maximum absolute atomic E-state index is 4.33. The number of hydrogen-bond donors (Lipinski definition) is 1. The summed E-state index contributed by atoms with van der Waals surface area (Å²) in [6, 6.07) is 7.98. The van der Waals surface area contributed by atoms with Crippen molar-refractivity contribution in [2.75, 3.05) is 5.32 Å². The van der Waals surface area contributed by atoms with Gasteiger partial charge in [-0.15, -0.1) is 0 Å².